The Kier molecular flexibility index (Phi) is 46.5. The Morgan fingerprint density at radius 3 is 1.33 bits per heavy atom. The quantitative estimate of drug-likeness (QED) is 0.0261. The van der Waals surface area contributed by atoms with Crippen LogP contribution >= 0.6 is 0 Å². The molecular weight excluding hydrogens is 863 g/mol. The molecule has 1 saturated heterocycles. The van der Waals surface area contributed by atoms with Crippen molar-refractivity contribution in [1.82, 2.24) is 5.32 Å². The van der Waals surface area contributed by atoms with Crippen LogP contribution in [0.2, 0.25) is 0 Å². The summed E-state index contributed by atoms with van der Waals surface area (Å²) in [6.07, 6.45) is 60.2. The van der Waals surface area contributed by atoms with Crippen molar-refractivity contribution in [3.05, 3.63) is 60.8 Å². The van der Waals surface area contributed by atoms with Crippen LogP contribution in [0.25, 0.3) is 0 Å². The van der Waals surface area contributed by atoms with Gasteiger partial charge >= 0.3 is 0 Å². The molecule has 0 spiro atoms. The molecular formula is C60H109NO8. The van der Waals surface area contributed by atoms with E-state index in [1.807, 2.05) is 6.08 Å². The molecule has 0 aromatic heterocycles. The molecule has 0 saturated carbocycles. The first-order valence-electron chi connectivity index (χ1n) is 29.0. The van der Waals surface area contributed by atoms with Gasteiger partial charge in [-0.2, -0.15) is 0 Å². The molecule has 9 nitrogen and oxygen atoms in total. The lowest BCUT2D eigenvalue weighted by atomic mass is 9.99. The number of amides is 1. The summed E-state index contributed by atoms with van der Waals surface area (Å²) in [5, 5.41) is 54.4. The molecule has 6 N–H and O–H groups in total. The zero-order chi connectivity index (χ0) is 50.1. The van der Waals surface area contributed by atoms with Gasteiger partial charge in [-0.25, -0.2) is 0 Å². The smallest absolute Gasteiger partial charge is 0.220 e. The number of ether oxygens (including phenoxy) is 2. The van der Waals surface area contributed by atoms with Crippen LogP contribution in [0, 0.1) is 0 Å². The molecule has 1 rings (SSSR count). The maximum absolute atomic E-state index is 13.0. The highest BCUT2D eigenvalue weighted by atomic mass is 16.7. The van der Waals surface area contributed by atoms with E-state index in [4.69, 9.17) is 9.47 Å². The first-order chi connectivity index (χ1) is 33.8. The lowest BCUT2D eigenvalue weighted by Crippen LogP contribution is -2.60. The lowest BCUT2D eigenvalue weighted by molar-refractivity contribution is -0.302. The minimum atomic E-state index is -1.58. The molecule has 0 radical (unpaired) electrons. The standard InChI is InChI=1S/C60H109NO8/c1-3-5-7-9-11-13-15-17-19-20-21-22-23-24-25-26-27-28-29-30-31-32-33-34-36-37-39-41-43-45-47-49-54(63)53(52-68-60-59(67)58(66)57(65)55(51-62)69-60)61-56(64)50-48-46-44-42-40-38-35-18-16-14-12-10-8-6-4-2/h12,14,18,33-35,39,41,47,49,53-55,57-60,62-63,65-67H,3-11,13,15-17,19-32,36-38,40,42-46,48,50-52H2,1-2H3,(H,61,64)/b14-12-,34-33+,35-18-,41-39+,49-47+. The number of allylic oxidation sites excluding steroid dienone is 9. The Morgan fingerprint density at radius 1 is 0.493 bits per heavy atom. The van der Waals surface area contributed by atoms with Gasteiger partial charge in [0.05, 0.1) is 25.4 Å². The summed E-state index contributed by atoms with van der Waals surface area (Å²) in [6, 6.07) is -0.838. The number of carbonyl (C=O) groups excluding carboxylic acids is 1. The van der Waals surface area contributed by atoms with Crippen molar-refractivity contribution in [2.24, 2.45) is 0 Å². The average molecular weight is 973 g/mol. The highest BCUT2D eigenvalue weighted by molar-refractivity contribution is 5.76. The van der Waals surface area contributed by atoms with E-state index in [9.17, 15) is 30.3 Å². The second-order valence-corrected chi connectivity index (χ2v) is 20.1. The zero-order valence-electron chi connectivity index (χ0n) is 44.6. The summed E-state index contributed by atoms with van der Waals surface area (Å²) in [4.78, 5) is 13.0. The van der Waals surface area contributed by atoms with Crippen molar-refractivity contribution in [1.29, 1.82) is 0 Å². The number of carbonyl (C=O) groups is 1. The van der Waals surface area contributed by atoms with E-state index in [0.717, 1.165) is 70.6 Å². The summed E-state index contributed by atoms with van der Waals surface area (Å²) >= 11 is 0. The minimum absolute atomic E-state index is 0.205. The molecule has 7 atom stereocenters. The van der Waals surface area contributed by atoms with E-state index in [-0.39, 0.29) is 12.5 Å². The van der Waals surface area contributed by atoms with Gasteiger partial charge in [-0.1, -0.05) is 235 Å². The van der Waals surface area contributed by atoms with E-state index in [1.54, 1.807) is 6.08 Å². The van der Waals surface area contributed by atoms with E-state index in [2.05, 4.69) is 67.8 Å². The predicted molar refractivity (Wildman–Crippen MR) is 290 cm³/mol. The van der Waals surface area contributed by atoms with Gasteiger partial charge in [-0.3, -0.25) is 4.79 Å². The largest absolute Gasteiger partial charge is 0.394 e. The van der Waals surface area contributed by atoms with Gasteiger partial charge in [0.15, 0.2) is 6.29 Å². The number of unbranched alkanes of at least 4 members (excludes halogenated alkanes) is 31. The third kappa shape index (κ3) is 39.1. The number of hydrogen-bond acceptors (Lipinski definition) is 8. The molecule has 1 aliphatic rings. The molecule has 1 fully saturated rings. The highest BCUT2D eigenvalue weighted by Crippen LogP contribution is 2.23. The topological polar surface area (TPSA) is 149 Å². The van der Waals surface area contributed by atoms with E-state index < -0.39 is 49.5 Å². The van der Waals surface area contributed by atoms with Crippen LogP contribution in [-0.2, 0) is 14.3 Å². The minimum Gasteiger partial charge on any atom is -0.394 e. The summed E-state index contributed by atoms with van der Waals surface area (Å²) in [5.41, 5.74) is 0. The Labute approximate surface area is 424 Å². The SMILES string of the molecule is CCCCC/C=C\C/C=C\CCCCCCCC(=O)NC(COC1OC(CO)C(O)C(O)C1O)C(O)/C=C/CC/C=C/CC/C=C/CCCCCCCCCCCCCCCCCCCCCCC. The van der Waals surface area contributed by atoms with Crippen LogP contribution in [0.15, 0.2) is 60.8 Å². The Bertz CT molecular complexity index is 1270. The van der Waals surface area contributed by atoms with Gasteiger partial charge in [0, 0.05) is 6.42 Å². The molecule has 402 valence electrons. The molecule has 69 heavy (non-hydrogen) atoms. The molecule has 0 aromatic carbocycles. The van der Waals surface area contributed by atoms with Gasteiger partial charge in [-0.05, 0) is 77.0 Å². The Balaban J connectivity index is 2.22. The number of nitrogens with one attached hydrogen (secondary N) is 1. The van der Waals surface area contributed by atoms with E-state index >= 15 is 0 Å². The van der Waals surface area contributed by atoms with Crippen molar-refractivity contribution >= 4 is 5.91 Å². The van der Waals surface area contributed by atoms with Crippen LogP contribution in [0.1, 0.15) is 258 Å². The summed E-state index contributed by atoms with van der Waals surface area (Å²) < 4.78 is 11.2. The van der Waals surface area contributed by atoms with Gasteiger partial charge in [-0.15, -0.1) is 0 Å². The van der Waals surface area contributed by atoms with Crippen molar-refractivity contribution in [3.63, 3.8) is 0 Å². The van der Waals surface area contributed by atoms with Gasteiger partial charge in [0.1, 0.15) is 24.4 Å². The second kappa shape index (κ2) is 49.5. The van der Waals surface area contributed by atoms with Gasteiger partial charge < -0.3 is 40.3 Å². The summed E-state index contributed by atoms with van der Waals surface area (Å²) in [5.74, 6) is -0.205. The maximum atomic E-state index is 13.0. The Morgan fingerprint density at radius 2 is 0.870 bits per heavy atom. The van der Waals surface area contributed by atoms with E-state index in [1.165, 1.54) is 167 Å². The Hall–Kier alpha value is -2.11. The van der Waals surface area contributed by atoms with Crippen molar-refractivity contribution in [3.8, 4) is 0 Å². The normalized spacial score (nSPS) is 19.9. The number of rotatable bonds is 49. The third-order valence-corrected chi connectivity index (χ3v) is 13.5. The first kappa shape index (κ1) is 64.9. The molecule has 7 unspecified atom stereocenters. The van der Waals surface area contributed by atoms with Gasteiger partial charge in [0.2, 0.25) is 5.91 Å². The number of aliphatic hydroxyl groups is 5. The fourth-order valence-corrected chi connectivity index (χ4v) is 8.93. The average Bonchev–Trinajstić information content (AvgIpc) is 3.35. The third-order valence-electron chi connectivity index (χ3n) is 13.5. The number of hydrogen-bond donors (Lipinski definition) is 6. The first-order valence-corrected chi connectivity index (χ1v) is 29.0. The fraction of sp³-hybridized carbons (Fsp3) is 0.817. The van der Waals surface area contributed by atoms with Crippen LogP contribution in [0.4, 0.5) is 0 Å². The molecule has 0 aromatic rings. The maximum Gasteiger partial charge on any atom is 0.220 e. The zero-order valence-corrected chi connectivity index (χ0v) is 44.6. The molecule has 9 heteroatoms. The van der Waals surface area contributed by atoms with Crippen LogP contribution < -0.4 is 5.32 Å². The fourth-order valence-electron chi connectivity index (χ4n) is 8.93. The van der Waals surface area contributed by atoms with Crippen LogP contribution in [0.5, 0.6) is 0 Å². The van der Waals surface area contributed by atoms with Gasteiger partial charge in [0.25, 0.3) is 0 Å². The lowest BCUT2D eigenvalue weighted by Gasteiger charge is -2.40. The summed E-state index contributed by atoms with van der Waals surface area (Å²) in [6.45, 7) is 3.73. The van der Waals surface area contributed by atoms with Crippen molar-refractivity contribution in [2.75, 3.05) is 13.2 Å². The molecule has 1 heterocycles. The highest BCUT2D eigenvalue weighted by Gasteiger charge is 2.44. The van der Waals surface area contributed by atoms with Crippen LogP contribution in [0.3, 0.4) is 0 Å². The predicted octanol–water partition coefficient (Wildman–Crippen LogP) is 14.3. The summed E-state index contributed by atoms with van der Waals surface area (Å²) in [7, 11) is 0. The second-order valence-electron chi connectivity index (χ2n) is 20.1. The molecule has 1 amide bonds. The molecule has 0 aliphatic carbocycles. The van der Waals surface area contributed by atoms with Crippen molar-refractivity contribution < 1.29 is 39.8 Å². The molecule has 0 bridgehead atoms. The van der Waals surface area contributed by atoms with E-state index in [0.29, 0.717) is 6.42 Å². The monoisotopic (exact) mass is 972 g/mol. The number of aliphatic hydroxyl groups excluding tert-OH is 5. The van der Waals surface area contributed by atoms with Crippen LogP contribution in [-0.4, -0.2) is 87.5 Å². The molecule has 1 aliphatic heterocycles. The van der Waals surface area contributed by atoms with Crippen molar-refractivity contribution in [2.45, 2.75) is 301 Å².